The number of nitrogens with one attached hydrogen (secondary N) is 1. The number of amides is 1. The summed E-state index contributed by atoms with van der Waals surface area (Å²) in [6.07, 6.45) is 2.97. The molecule has 1 aromatic carbocycles. The molecule has 0 aromatic heterocycles. The summed E-state index contributed by atoms with van der Waals surface area (Å²) in [5, 5.41) is 21.7. The second-order valence-electron chi connectivity index (χ2n) is 5.58. The van der Waals surface area contributed by atoms with Gasteiger partial charge < -0.3 is 15.5 Å². The maximum absolute atomic E-state index is 11.8. The fourth-order valence-electron chi connectivity index (χ4n) is 2.81. The zero-order valence-corrected chi connectivity index (χ0v) is 11.7. The number of rotatable bonds is 6. The number of hydrogen-bond acceptors (Lipinski definition) is 3. The van der Waals surface area contributed by atoms with Crippen molar-refractivity contribution in [3.8, 4) is 0 Å². The topological polar surface area (TPSA) is 69.6 Å². The minimum absolute atomic E-state index is 0.00590. The summed E-state index contributed by atoms with van der Waals surface area (Å²) >= 11 is 0. The first kappa shape index (κ1) is 15.0. The molecule has 1 fully saturated rings. The quantitative estimate of drug-likeness (QED) is 0.733. The van der Waals surface area contributed by atoms with Crippen LogP contribution in [-0.4, -0.2) is 34.9 Å². The van der Waals surface area contributed by atoms with Crippen molar-refractivity contribution in [2.45, 2.75) is 44.2 Å². The van der Waals surface area contributed by atoms with E-state index in [0.717, 1.165) is 12.8 Å². The molecule has 0 radical (unpaired) electrons. The van der Waals surface area contributed by atoms with E-state index in [2.05, 4.69) is 17.4 Å². The van der Waals surface area contributed by atoms with E-state index in [4.69, 9.17) is 5.11 Å². The summed E-state index contributed by atoms with van der Waals surface area (Å²) in [5.41, 5.74) is 1.25. The molecule has 1 aliphatic carbocycles. The average molecular weight is 277 g/mol. The lowest BCUT2D eigenvalue weighted by Gasteiger charge is -2.12. The molecule has 1 saturated carbocycles. The van der Waals surface area contributed by atoms with Crippen molar-refractivity contribution in [2.75, 3.05) is 6.61 Å². The predicted octanol–water partition coefficient (Wildman–Crippen LogP) is 1.26. The molecule has 1 aromatic rings. The molecular weight excluding hydrogens is 254 g/mol. The van der Waals surface area contributed by atoms with Crippen LogP contribution in [0.1, 0.15) is 31.2 Å². The Morgan fingerprint density at radius 2 is 2.00 bits per heavy atom. The Labute approximate surface area is 119 Å². The van der Waals surface area contributed by atoms with Crippen LogP contribution in [0.4, 0.5) is 0 Å². The predicted molar refractivity (Wildman–Crippen MR) is 77.1 cm³/mol. The molecule has 4 nitrogen and oxygen atoms in total. The van der Waals surface area contributed by atoms with Crippen molar-refractivity contribution in [1.29, 1.82) is 0 Å². The molecule has 3 atom stereocenters. The highest BCUT2D eigenvalue weighted by atomic mass is 16.3. The van der Waals surface area contributed by atoms with Gasteiger partial charge >= 0.3 is 0 Å². The molecule has 1 aliphatic rings. The zero-order valence-electron chi connectivity index (χ0n) is 11.7. The van der Waals surface area contributed by atoms with Crippen molar-refractivity contribution in [3.63, 3.8) is 0 Å². The molecule has 0 bridgehead atoms. The van der Waals surface area contributed by atoms with Crippen molar-refractivity contribution in [1.82, 2.24) is 5.32 Å². The first-order valence-corrected chi connectivity index (χ1v) is 7.31. The molecule has 0 saturated heterocycles. The SMILES string of the molecule is O=C(CCCc1ccccc1)NC1CC(O)C(CO)C1. The van der Waals surface area contributed by atoms with Crippen LogP contribution in [0.2, 0.25) is 0 Å². The number of carbonyl (C=O) groups excluding carboxylic acids is 1. The summed E-state index contributed by atoms with van der Waals surface area (Å²) < 4.78 is 0. The smallest absolute Gasteiger partial charge is 0.220 e. The molecule has 1 amide bonds. The van der Waals surface area contributed by atoms with Crippen molar-refractivity contribution in [3.05, 3.63) is 35.9 Å². The molecule has 2 rings (SSSR count). The number of aryl methyl sites for hydroxylation is 1. The Kier molecular flexibility index (Phi) is 5.56. The summed E-state index contributed by atoms with van der Waals surface area (Å²) in [7, 11) is 0. The van der Waals surface area contributed by atoms with E-state index in [1.165, 1.54) is 5.56 Å². The maximum atomic E-state index is 11.8. The third kappa shape index (κ3) is 4.32. The van der Waals surface area contributed by atoms with E-state index in [1.807, 2.05) is 18.2 Å². The minimum atomic E-state index is -0.491. The maximum Gasteiger partial charge on any atom is 0.220 e. The van der Waals surface area contributed by atoms with E-state index < -0.39 is 6.10 Å². The van der Waals surface area contributed by atoms with Gasteiger partial charge in [-0.15, -0.1) is 0 Å². The molecule has 3 unspecified atom stereocenters. The highest BCUT2D eigenvalue weighted by Gasteiger charge is 2.32. The fraction of sp³-hybridized carbons (Fsp3) is 0.562. The number of aliphatic hydroxyl groups excluding tert-OH is 2. The van der Waals surface area contributed by atoms with Gasteiger partial charge in [-0.3, -0.25) is 4.79 Å². The van der Waals surface area contributed by atoms with E-state index in [0.29, 0.717) is 19.3 Å². The average Bonchev–Trinajstić information content (AvgIpc) is 2.80. The summed E-state index contributed by atoms with van der Waals surface area (Å²) in [6, 6.07) is 10.1. The van der Waals surface area contributed by atoms with Gasteiger partial charge in [-0.05, 0) is 31.2 Å². The fourth-order valence-corrected chi connectivity index (χ4v) is 2.81. The van der Waals surface area contributed by atoms with E-state index in [1.54, 1.807) is 0 Å². The Balaban J connectivity index is 1.66. The lowest BCUT2D eigenvalue weighted by atomic mass is 10.1. The van der Waals surface area contributed by atoms with Gasteiger partial charge in [0, 0.05) is 25.0 Å². The Bertz CT molecular complexity index is 421. The van der Waals surface area contributed by atoms with Crippen LogP contribution >= 0.6 is 0 Å². The van der Waals surface area contributed by atoms with Crippen LogP contribution in [0.5, 0.6) is 0 Å². The lowest BCUT2D eigenvalue weighted by molar-refractivity contribution is -0.121. The van der Waals surface area contributed by atoms with Crippen LogP contribution < -0.4 is 5.32 Å². The molecular formula is C16H23NO3. The Morgan fingerprint density at radius 1 is 1.25 bits per heavy atom. The standard InChI is InChI=1S/C16H23NO3/c18-11-13-9-14(10-15(13)19)17-16(20)8-4-7-12-5-2-1-3-6-12/h1-3,5-6,13-15,18-19H,4,7-11H2,(H,17,20). The first-order valence-electron chi connectivity index (χ1n) is 7.31. The first-order chi connectivity index (χ1) is 9.69. The molecule has 0 aliphatic heterocycles. The van der Waals surface area contributed by atoms with Crippen LogP contribution in [0.3, 0.4) is 0 Å². The molecule has 4 heteroatoms. The molecule has 0 heterocycles. The minimum Gasteiger partial charge on any atom is -0.396 e. The molecule has 20 heavy (non-hydrogen) atoms. The van der Waals surface area contributed by atoms with E-state index in [9.17, 15) is 9.90 Å². The van der Waals surface area contributed by atoms with Gasteiger partial charge in [0.15, 0.2) is 0 Å². The van der Waals surface area contributed by atoms with Crippen molar-refractivity contribution in [2.24, 2.45) is 5.92 Å². The zero-order chi connectivity index (χ0) is 14.4. The van der Waals surface area contributed by atoms with Crippen LogP contribution in [-0.2, 0) is 11.2 Å². The molecule has 0 spiro atoms. The van der Waals surface area contributed by atoms with Gasteiger partial charge in [0.25, 0.3) is 0 Å². The third-order valence-corrected chi connectivity index (χ3v) is 3.97. The number of hydrogen-bond donors (Lipinski definition) is 3. The monoisotopic (exact) mass is 277 g/mol. The van der Waals surface area contributed by atoms with E-state index in [-0.39, 0.29) is 24.5 Å². The number of aliphatic hydroxyl groups is 2. The second-order valence-corrected chi connectivity index (χ2v) is 5.58. The number of benzene rings is 1. The highest BCUT2D eigenvalue weighted by Crippen LogP contribution is 2.25. The van der Waals surface area contributed by atoms with Crippen LogP contribution in [0.15, 0.2) is 30.3 Å². The molecule has 110 valence electrons. The van der Waals surface area contributed by atoms with Gasteiger partial charge in [0.05, 0.1) is 6.10 Å². The van der Waals surface area contributed by atoms with Gasteiger partial charge in [-0.25, -0.2) is 0 Å². The number of carbonyl (C=O) groups is 1. The lowest BCUT2D eigenvalue weighted by Crippen LogP contribution is -2.33. The Morgan fingerprint density at radius 3 is 2.65 bits per heavy atom. The van der Waals surface area contributed by atoms with Gasteiger partial charge in [0.2, 0.25) is 5.91 Å². The van der Waals surface area contributed by atoms with Crippen molar-refractivity contribution >= 4 is 5.91 Å². The van der Waals surface area contributed by atoms with E-state index >= 15 is 0 Å². The highest BCUT2D eigenvalue weighted by molar-refractivity contribution is 5.76. The summed E-state index contributed by atoms with van der Waals surface area (Å²) in [5.74, 6) is -0.0543. The summed E-state index contributed by atoms with van der Waals surface area (Å²) in [4.78, 5) is 11.8. The van der Waals surface area contributed by atoms with Crippen molar-refractivity contribution < 1.29 is 15.0 Å². The third-order valence-electron chi connectivity index (χ3n) is 3.97. The Hall–Kier alpha value is -1.39. The van der Waals surface area contributed by atoms with Gasteiger partial charge in [-0.1, -0.05) is 30.3 Å². The van der Waals surface area contributed by atoms with Gasteiger partial charge in [0.1, 0.15) is 0 Å². The normalized spacial score (nSPS) is 25.6. The van der Waals surface area contributed by atoms with Gasteiger partial charge in [-0.2, -0.15) is 0 Å². The summed E-state index contributed by atoms with van der Waals surface area (Å²) in [6.45, 7) is -0.0124. The van der Waals surface area contributed by atoms with Crippen LogP contribution in [0, 0.1) is 5.92 Å². The largest absolute Gasteiger partial charge is 0.396 e. The van der Waals surface area contributed by atoms with Crippen LogP contribution in [0.25, 0.3) is 0 Å². The molecule has 3 N–H and O–H groups in total. The second kappa shape index (κ2) is 7.41.